The van der Waals surface area contributed by atoms with E-state index in [-0.39, 0.29) is 0 Å². The maximum Gasteiger partial charge on any atom is 0.349 e. The van der Waals surface area contributed by atoms with Gasteiger partial charge in [-0.2, -0.15) is 5.26 Å². The third kappa shape index (κ3) is 4.12. The Kier molecular flexibility index (Phi) is 5.38. The molecular weight excluding hydrogens is 348 g/mol. The standard InChI is InChI=1S/C20H20N2O3S/c1-12-6-7-17-15(8-12)10-18(26-17)20(24)25-13(2)19(23)22-16-5-3-4-14(9-16)11-21/h3-5,9-10,12-13H,6-8H2,1-2H3,(H,22,23)/t12-,13-/m1/s1. The monoisotopic (exact) mass is 368 g/mol. The first kappa shape index (κ1) is 18.2. The third-order valence-corrected chi connectivity index (χ3v) is 5.66. The van der Waals surface area contributed by atoms with Crippen molar-refractivity contribution in [3.8, 4) is 6.07 Å². The smallest absolute Gasteiger partial charge is 0.349 e. The van der Waals surface area contributed by atoms with Crippen molar-refractivity contribution < 1.29 is 14.3 Å². The van der Waals surface area contributed by atoms with E-state index < -0.39 is 18.0 Å². The molecule has 0 fully saturated rings. The van der Waals surface area contributed by atoms with Crippen LogP contribution in [0.1, 0.15) is 45.9 Å². The van der Waals surface area contributed by atoms with Crippen LogP contribution in [0.2, 0.25) is 0 Å². The van der Waals surface area contributed by atoms with Crippen molar-refractivity contribution in [3.05, 3.63) is 51.2 Å². The van der Waals surface area contributed by atoms with Crippen LogP contribution in [0.5, 0.6) is 0 Å². The van der Waals surface area contributed by atoms with E-state index in [0.717, 1.165) is 19.3 Å². The molecular formula is C20H20N2O3S. The van der Waals surface area contributed by atoms with E-state index in [1.165, 1.54) is 28.7 Å². The molecule has 3 rings (SSSR count). The first-order valence-corrected chi connectivity index (χ1v) is 9.41. The predicted octanol–water partition coefficient (Wildman–Crippen LogP) is 3.93. The highest BCUT2D eigenvalue weighted by atomic mass is 32.1. The van der Waals surface area contributed by atoms with E-state index >= 15 is 0 Å². The number of thiophene rings is 1. The van der Waals surface area contributed by atoms with Crippen LogP contribution in [0.3, 0.4) is 0 Å². The van der Waals surface area contributed by atoms with Crippen molar-refractivity contribution in [2.45, 2.75) is 39.2 Å². The zero-order valence-electron chi connectivity index (χ0n) is 14.7. The molecule has 1 amide bonds. The van der Waals surface area contributed by atoms with Crippen LogP contribution in [0.15, 0.2) is 30.3 Å². The number of ether oxygens (including phenoxy) is 1. The Bertz CT molecular complexity index is 881. The molecule has 0 saturated heterocycles. The van der Waals surface area contributed by atoms with Crippen LogP contribution in [0, 0.1) is 17.2 Å². The van der Waals surface area contributed by atoms with Gasteiger partial charge in [-0.15, -0.1) is 11.3 Å². The lowest BCUT2D eigenvalue weighted by Crippen LogP contribution is -2.29. The SMILES string of the molecule is C[C@@H]1CCc2sc(C(=O)O[C@H](C)C(=O)Nc3cccc(C#N)c3)cc2C1. The van der Waals surface area contributed by atoms with Gasteiger partial charge in [0.05, 0.1) is 11.6 Å². The first-order valence-electron chi connectivity index (χ1n) is 8.60. The fourth-order valence-electron chi connectivity index (χ4n) is 2.99. The number of fused-ring (bicyclic) bond motifs is 1. The minimum atomic E-state index is -0.925. The molecule has 26 heavy (non-hydrogen) atoms. The molecule has 1 aliphatic rings. The summed E-state index contributed by atoms with van der Waals surface area (Å²) in [5.74, 6) is -0.260. The normalized spacial score (nSPS) is 16.9. The Balaban J connectivity index is 1.62. The molecule has 1 aliphatic carbocycles. The van der Waals surface area contributed by atoms with Crippen LogP contribution in [0.25, 0.3) is 0 Å². The first-order chi connectivity index (χ1) is 12.5. The Labute approximate surface area is 156 Å². The number of benzene rings is 1. The van der Waals surface area contributed by atoms with Gasteiger partial charge < -0.3 is 10.1 Å². The molecule has 0 unspecified atom stereocenters. The van der Waals surface area contributed by atoms with Crippen molar-refractivity contribution in [1.29, 1.82) is 5.26 Å². The average Bonchev–Trinajstić information content (AvgIpc) is 3.05. The summed E-state index contributed by atoms with van der Waals surface area (Å²) in [5, 5.41) is 11.6. The van der Waals surface area contributed by atoms with Gasteiger partial charge in [-0.05, 0) is 61.9 Å². The van der Waals surface area contributed by atoms with Gasteiger partial charge in [-0.3, -0.25) is 4.79 Å². The molecule has 134 valence electrons. The van der Waals surface area contributed by atoms with E-state index in [4.69, 9.17) is 10.00 Å². The van der Waals surface area contributed by atoms with Gasteiger partial charge in [-0.1, -0.05) is 13.0 Å². The molecule has 2 atom stereocenters. The zero-order chi connectivity index (χ0) is 18.7. The van der Waals surface area contributed by atoms with Crippen LogP contribution in [-0.2, 0) is 22.4 Å². The molecule has 2 aromatic rings. The summed E-state index contributed by atoms with van der Waals surface area (Å²) in [6.45, 7) is 3.75. The predicted molar refractivity (Wildman–Crippen MR) is 100 cm³/mol. The van der Waals surface area contributed by atoms with Gasteiger partial charge in [0.1, 0.15) is 4.88 Å². The Hall–Kier alpha value is -2.65. The fraction of sp³-hybridized carbons (Fsp3) is 0.350. The number of nitriles is 1. The van der Waals surface area contributed by atoms with Gasteiger partial charge in [0.2, 0.25) is 0 Å². The minimum Gasteiger partial charge on any atom is -0.448 e. The van der Waals surface area contributed by atoms with Crippen LogP contribution in [-0.4, -0.2) is 18.0 Å². The molecule has 0 spiro atoms. The maximum atomic E-state index is 12.4. The lowest BCUT2D eigenvalue weighted by Gasteiger charge is -2.16. The minimum absolute atomic E-state index is 0.427. The van der Waals surface area contributed by atoms with E-state index in [1.807, 2.05) is 12.1 Å². The van der Waals surface area contributed by atoms with Gasteiger partial charge in [0.25, 0.3) is 5.91 Å². The molecule has 1 N–H and O–H groups in total. The number of hydrogen-bond acceptors (Lipinski definition) is 5. The molecule has 0 bridgehead atoms. The third-order valence-electron chi connectivity index (χ3n) is 4.44. The summed E-state index contributed by atoms with van der Waals surface area (Å²) in [6, 6.07) is 10.5. The van der Waals surface area contributed by atoms with Gasteiger partial charge >= 0.3 is 5.97 Å². The van der Waals surface area contributed by atoms with E-state index in [2.05, 4.69) is 12.2 Å². The van der Waals surface area contributed by atoms with Crippen LogP contribution < -0.4 is 5.32 Å². The van der Waals surface area contributed by atoms with Gasteiger partial charge in [0, 0.05) is 10.6 Å². The fourth-order valence-corrected chi connectivity index (χ4v) is 4.08. The summed E-state index contributed by atoms with van der Waals surface area (Å²) >= 11 is 1.47. The molecule has 1 heterocycles. The molecule has 5 nitrogen and oxygen atoms in total. The highest BCUT2D eigenvalue weighted by Crippen LogP contribution is 2.32. The number of aryl methyl sites for hydroxylation is 1. The number of nitrogens with zero attached hydrogens (tertiary/aromatic N) is 1. The number of anilines is 1. The molecule has 0 aliphatic heterocycles. The van der Waals surface area contributed by atoms with Gasteiger partial charge in [0.15, 0.2) is 6.10 Å². The second-order valence-corrected chi connectivity index (χ2v) is 7.77. The van der Waals surface area contributed by atoms with Crippen LogP contribution in [0.4, 0.5) is 5.69 Å². The molecule has 1 aromatic carbocycles. The second-order valence-electron chi connectivity index (χ2n) is 6.64. The topological polar surface area (TPSA) is 79.2 Å². The van der Waals surface area contributed by atoms with Crippen molar-refractivity contribution in [2.24, 2.45) is 5.92 Å². The summed E-state index contributed by atoms with van der Waals surface area (Å²) in [5.41, 5.74) is 2.18. The number of esters is 1. The zero-order valence-corrected chi connectivity index (χ0v) is 15.6. The largest absolute Gasteiger partial charge is 0.448 e. The van der Waals surface area contributed by atoms with E-state index in [1.54, 1.807) is 24.3 Å². The molecule has 0 saturated carbocycles. The summed E-state index contributed by atoms with van der Waals surface area (Å²) in [7, 11) is 0. The van der Waals surface area contributed by atoms with Crippen molar-refractivity contribution in [2.75, 3.05) is 5.32 Å². The highest BCUT2D eigenvalue weighted by molar-refractivity contribution is 7.14. The van der Waals surface area contributed by atoms with Crippen molar-refractivity contribution >= 4 is 28.9 Å². The number of rotatable bonds is 4. The Morgan fingerprint density at radius 2 is 2.19 bits per heavy atom. The highest BCUT2D eigenvalue weighted by Gasteiger charge is 2.24. The second kappa shape index (κ2) is 7.71. The lowest BCUT2D eigenvalue weighted by atomic mass is 9.90. The summed E-state index contributed by atoms with van der Waals surface area (Å²) in [4.78, 5) is 26.4. The Morgan fingerprint density at radius 3 is 2.96 bits per heavy atom. The molecule has 6 heteroatoms. The van der Waals surface area contributed by atoms with Crippen molar-refractivity contribution in [1.82, 2.24) is 0 Å². The lowest BCUT2D eigenvalue weighted by molar-refractivity contribution is -0.123. The number of hydrogen-bond donors (Lipinski definition) is 1. The summed E-state index contributed by atoms with van der Waals surface area (Å²) in [6.07, 6.45) is 2.21. The number of carbonyl (C=O) groups is 2. The molecule has 1 aromatic heterocycles. The number of nitrogens with one attached hydrogen (secondary N) is 1. The van der Waals surface area contributed by atoms with Crippen LogP contribution >= 0.6 is 11.3 Å². The van der Waals surface area contributed by atoms with Crippen molar-refractivity contribution in [3.63, 3.8) is 0 Å². The quantitative estimate of drug-likeness (QED) is 0.829. The summed E-state index contributed by atoms with van der Waals surface area (Å²) < 4.78 is 5.33. The number of amides is 1. The Morgan fingerprint density at radius 1 is 1.38 bits per heavy atom. The average molecular weight is 368 g/mol. The van der Waals surface area contributed by atoms with E-state index in [0.29, 0.717) is 22.0 Å². The molecule has 0 radical (unpaired) electrons. The van der Waals surface area contributed by atoms with E-state index in [9.17, 15) is 9.59 Å². The van der Waals surface area contributed by atoms with Gasteiger partial charge in [-0.25, -0.2) is 4.79 Å². The maximum absolute atomic E-state index is 12.4. The number of carbonyl (C=O) groups excluding carboxylic acids is 2.